The molecule has 0 aliphatic carbocycles. The Hall–Kier alpha value is -2.16. The van der Waals surface area contributed by atoms with E-state index in [4.69, 9.17) is 19.9 Å². The van der Waals surface area contributed by atoms with Crippen molar-refractivity contribution in [3.63, 3.8) is 0 Å². The zero-order valence-electron chi connectivity index (χ0n) is 18.8. The number of ether oxygens (including phenoxy) is 3. The van der Waals surface area contributed by atoms with E-state index in [1.807, 2.05) is 6.07 Å². The highest BCUT2D eigenvalue weighted by atomic mass is 32.2. The fourth-order valence-electron chi connectivity index (χ4n) is 4.38. The lowest BCUT2D eigenvalue weighted by Crippen LogP contribution is -2.40. The Labute approximate surface area is 193 Å². The second-order valence-electron chi connectivity index (χ2n) is 8.26. The molecule has 32 heavy (non-hydrogen) atoms. The van der Waals surface area contributed by atoms with E-state index < -0.39 is 0 Å². The van der Waals surface area contributed by atoms with Gasteiger partial charge in [0.05, 0.1) is 24.8 Å². The first kappa shape index (κ1) is 23.0. The van der Waals surface area contributed by atoms with Crippen LogP contribution in [0.5, 0.6) is 17.2 Å². The molecule has 0 bridgehead atoms. The third kappa shape index (κ3) is 5.42. The number of hydrogen-bond donors (Lipinski definition) is 1. The van der Waals surface area contributed by atoms with E-state index >= 15 is 0 Å². The van der Waals surface area contributed by atoms with Crippen LogP contribution in [0, 0.1) is 11.7 Å². The summed E-state index contributed by atoms with van der Waals surface area (Å²) in [5.41, 5.74) is 7.45. The van der Waals surface area contributed by atoms with E-state index in [2.05, 4.69) is 15.9 Å². The van der Waals surface area contributed by atoms with Gasteiger partial charge in [-0.2, -0.15) is 0 Å². The number of rotatable bonds is 9. The molecular formula is C24H32FN3O3S. The molecule has 0 radical (unpaired) electrons. The van der Waals surface area contributed by atoms with E-state index in [1.165, 1.54) is 25.0 Å². The Morgan fingerprint density at radius 2 is 1.78 bits per heavy atom. The normalized spacial score (nSPS) is 19.1. The van der Waals surface area contributed by atoms with Crippen molar-refractivity contribution in [3.05, 3.63) is 42.2 Å². The molecule has 0 amide bonds. The number of nitrogens with two attached hydrogens (primary N) is 1. The summed E-state index contributed by atoms with van der Waals surface area (Å²) in [6.07, 6.45) is 3.48. The third-order valence-electron chi connectivity index (χ3n) is 6.29. The predicted octanol–water partition coefficient (Wildman–Crippen LogP) is 4.18. The van der Waals surface area contributed by atoms with Crippen LogP contribution in [0.4, 0.5) is 10.1 Å². The minimum Gasteiger partial charge on any atom is -0.497 e. The molecule has 174 valence electrons. The molecule has 2 aliphatic heterocycles. The Kier molecular flexibility index (Phi) is 7.65. The standard InChI is InChI=1S/C24H32FN3O3S/c1-29-20-15-21-23(22(16-20)30-2)32-24(26)28(21)12-9-17-7-10-27(11-8-17)13-14-31-19-5-3-18(25)4-6-19/h3-6,15-17,24H,7-14,26H2,1-2H3. The molecule has 4 rings (SSSR count). The van der Waals surface area contributed by atoms with E-state index in [9.17, 15) is 4.39 Å². The third-order valence-corrected chi connectivity index (χ3v) is 7.44. The summed E-state index contributed by atoms with van der Waals surface area (Å²) < 4.78 is 29.7. The van der Waals surface area contributed by atoms with Gasteiger partial charge in [-0.15, -0.1) is 0 Å². The van der Waals surface area contributed by atoms with Crippen LogP contribution in [0.1, 0.15) is 19.3 Å². The number of thioether (sulfide) groups is 1. The van der Waals surface area contributed by atoms with Gasteiger partial charge in [0.2, 0.25) is 0 Å². The minimum atomic E-state index is -0.241. The van der Waals surface area contributed by atoms with Gasteiger partial charge in [0, 0.05) is 25.2 Å². The van der Waals surface area contributed by atoms with Gasteiger partial charge in [0.15, 0.2) is 0 Å². The van der Waals surface area contributed by atoms with Crippen LogP contribution in [-0.4, -0.2) is 57.4 Å². The molecule has 2 heterocycles. The fourth-order valence-corrected chi connectivity index (χ4v) is 5.52. The van der Waals surface area contributed by atoms with Crippen molar-refractivity contribution in [1.82, 2.24) is 4.90 Å². The molecule has 1 atom stereocenters. The second-order valence-corrected chi connectivity index (χ2v) is 9.38. The molecule has 2 aromatic carbocycles. The molecular weight excluding hydrogens is 429 g/mol. The van der Waals surface area contributed by atoms with Crippen LogP contribution >= 0.6 is 11.8 Å². The fraction of sp³-hybridized carbons (Fsp3) is 0.500. The van der Waals surface area contributed by atoms with E-state index in [0.29, 0.717) is 12.5 Å². The van der Waals surface area contributed by atoms with E-state index in [-0.39, 0.29) is 11.3 Å². The highest BCUT2D eigenvalue weighted by molar-refractivity contribution is 8.00. The minimum absolute atomic E-state index is 0.102. The van der Waals surface area contributed by atoms with Gasteiger partial charge >= 0.3 is 0 Å². The average molecular weight is 462 g/mol. The summed E-state index contributed by atoms with van der Waals surface area (Å²) in [5.74, 6) is 2.78. The molecule has 8 heteroatoms. The first-order valence-electron chi connectivity index (χ1n) is 11.1. The number of benzene rings is 2. The van der Waals surface area contributed by atoms with Gasteiger partial charge in [-0.25, -0.2) is 4.39 Å². The van der Waals surface area contributed by atoms with Crippen LogP contribution in [-0.2, 0) is 0 Å². The van der Waals surface area contributed by atoms with Crippen LogP contribution in [0.25, 0.3) is 0 Å². The SMILES string of the molecule is COc1cc(OC)c2c(c1)N(CCC1CCN(CCOc3ccc(F)cc3)CC1)C(N)S2. The van der Waals surface area contributed by atoms with Crippen molar-refractivity contribution < 1.29 is 18.6 Å². The first-order chi connectivity index (χ1) is 15.6. The van der Waals surface area contributed by atoms with Gasteiger partial charge in [0.1, 0.15) is 35.2 Å². The molecule has 0 aromatic heterocycles. The largest absolute Gasteiger partial charge is 0.497 e. The number of fused-ring (bicyclic) bond motifs is 1. The number of piperidine rings is 1. The number of nitrogens with zero attached hydrogens (tertiary/aromatic N) is 2. The van der Waals surface area contributed by atoms with Crippen LogP contribution in [0.2, 0.25) is 0 Å². The average Bonchev–Trinajstić information content (AvgIpc) is 3.14. The monoisotopic (exact) mass is 461 g/mol. The molecule has 6 nitrogen and oxygen atoms in total. The maximum Gasteiger partial charge on any atom is 0.138 e. The molecule has 1 fully saturated rings. The molecule has 2 aromatic rings. The lowest BCUT2D eigenvalue weighted by molar-refractivity contribution is 0.152. The Bertz CT molecular complexity index is 891. The lowest BCUT2D eigenvalue weighted by Gasteiger charge is -2.33. The Balaban J connectivity index is 1.23. The molecule has 2 aliphatic rings. The molecule has 1 saturated heterocycles. The van der Waals surface area contributed by atoms with Crippen molar-refractivity contribution in [3.8, 4) is 17.2 Å². The predicted molar refractivity (Wildman–Crippen MR) is 126 cm³/mol. The topological polar surface area (TPSA) is 60.2 Å². The highest BCUT2D eigenvalue weighted by Crippen LogP contribution is 2.49. The van der Waals surface area contributed by atoms with E-state index in [1.54, 1.807) is 38.1 Å². The smallest absolute Gasteiger partial charge is 0.138 e. The summed E-state index contributed by atoms with van der Waals surface area (Å²) in [5, 5.41) is 0. The second kappa shape index (κ2) is 10.6. The van der Waals surface area contributed by atoms with Crippen LogP contribution in [0.3, 0.4) is 0 Å². The summed E-state index contributed by atoms with van der Waals surface area (Å²) in [4.78, 5) is 5.81. The molecule has 0 spiro atoms. The number of anilines is 1. The van der Waals surface area contributed by atoms with Gasteiger partial charge in [-0.3, -0.25) is 4.90 Å². The highest BCUT2D eigenvalue weighted by Gasteiger charge is 2.31. The van der Waals surface area contributed by atoms with Crippen molar-refractivity contribution in [2.45, 2.75) is 29.7 Å². The van der Waals surface area contributed by atoms with Crippen molar-refractivity contribution in [2.75, 3.05) is 51.9 Å². The zero-order valence-corrected chi connectivity index (χ0v) is 19.6. The Morgan fingerprint density at radius 3 is 2.47 bits per heavy atom. The van der Waals surface area contributed by atoms with Crippen molar-refractivity contribution >= 4 is 17.4 Å². The number of likely N-dealkylation sites (tertiary alicyclic amines) is 1. The Morgan fingerprint density at radius 1 is 1.03 bits per heavy atom. The summed E-state index contributed by atoms with van der Waals surface area (Å²) in [7, 11) is 3.36. The summed E-state index contributed by atoms with van der Waals surface area (Å²) in [6, 6.07) is 10.2. The molecule has 2 N–H and O–H groups in total. The van der Waals surface area contributed by atoms with Crippen LogP contribution in [0.15, 0.2) is 41.3 Å². The van der Waals surface area contributed by atoms with Gasteiger partial charge < -0.3 is 24.8 Å². The maximum atomic E-state index is 13.0. The van der Waals surface area contributed by atoms with E-state index in [0.717, 1.165) is 60.4 Å². The van der Waals surface area contributed by atoms with Gasteiger partial charge in [0.25, 0.3) is 0 Å². The summed E-state index contributed by atoms with van der Waals surface area (Å²) in [6.45, 7) is 4.60. The van der Waals surface area contributed by atoms with Crippen molar-refractivity contribution in [2.24, 2.45) is 11.7 Å². The summed E-state index contributed by atoms with van der Waals surface area (Å²) >= 11 is 1.64. The van der Waals surface area contributed by atoms with Crippen molar-refractivity contribution in [1.29, 1.82) is 0 Å². The zero-order chi connectivity index (χ0) is 22.5. The number of hydrogen-bond acceptors (Lipinski definition) is 7. The van der Waals surface area contributed by atoms with Crippen LogP contribution < -0.4 is 24.8 Å². The first-order valence-corrected chi connectivity index (χ1v) is 12.0. The molecule has 1 unspecified atom stereocenters. The molecule has 0 saturated carbocycles. The van der Waals surface area contributed by atoms with Gasteiger partial charge in [-0.1, -0.05) is 11.8 Å². The number of halogens is 1. The maximum absolute atomic E-state index is 13.0. The lowest BCUT2D eigenvalue weighted by atomic mass is 9.93. The quantitative estimate of drug-likeness (QED) is 0.601. The van der Waals surface area contributed by atoms with Gasteiger partial charge in [-0.05, 0) is 62.5 Å². The number of methoxy groups -OCH3 is 2.